The molecule has 8 heteroatoms. The maximum absolute atomic E-state index is 13.2. The number of hydrogen-bond donors (Lipinski definition) is 1. The highest BCUT2D eigenvalue weighted by molar-refractivity contribution is 5.89. The standard InChI is InChI=1S/C24H35N5O3/c1-27-14-17(12-21(27)30)24(32)29-10-5-8-20(29)22-25-19-15-28(11-9-18(19)23(31)26-22)13-16-6-3-2-4-7-16/h16-17,20H,2-15H2,1H3,(H,25,26,31)/t17-,20+/m0/s1. The van der Waals surface area contributed by atoms with Crippen molar-refractivity contribution in [3.8, 4) is 0 Å². The highest BCUT2D eigenvalue weighted by atomic mass is 16.2. The van der Waals surface area contributed by atoms with Crippen molar-refractivity contribution < 1.29 is 9.59 Å². The van der Waals surface area contributed by atoms with Gasteiger partial charge in [-0.25, -0.2) is 4.98 Å². The fourth-order valence-electron chi connectivity index (χ4n) is 6.14. The Bertz CT molecular complexity index is 938. The van der Waals surface area contributed by atoms with Crippen molar-refractivity contribution >= 4 is 11.8 Å². The van der Waals surface area contributed by atoms with Gasteiger partial charge in [-0.1, -0.05) is 19.3 Å². The molecule has 32 heavy (non-hydrogen) atoms. The third-order valence-corrected chi connectivity index (χ3v) is 7.95. The summed E-state index contributed by atoms with van der Waals surface area (Å²) in [6.45, 7) is 3.88. The maximum Gasteiger partial charge on any atom is 0.254 e. The van der Waals surface area contributed by atoms with Gasteiger partial charge in [0, 0.05) is 51.8 Å². The lowest BCUT2D eigenvalue weighted by Crippen LogP contribution is -2.40. The van der Waals surface area contributed by atoms with Crippen LogP contribution in [0.25, 0.3) is 0 Å². The normalized spacial score (nSPS) is 27.2. The molecule has 0 spiro atoms. The molecule has 1 aromatic rings. The molecule has 4 aliphatic rings. The van der Waals surface area contributed by atoms with Gasteiger partial charge in [0.1, 0.15) is 5.82 Å². The lowest BCUT2D eigenvalue weighted by atomic mass is 9.88. The zero-order valence-electron chi connectivity index (χ0n) is 19.1. The van der Waals surface area contributed by atoms with Gasteiger partial charge in [0.25, 0.3) is 5.56 Å². The van der Waals surface area contributed by atoms with Crippen molar-refractivity contribution in [3.63, 3.8) is 0 Å². The summed E-state index contributed by atoms with van der Waals surface area (Å²) in [4.78, 5) is 51.9. The summed E-state index contributed by atoms with van der Waals surface area (Å²) >= 11 is 0. The van der Waals surface area contributed by atoms with E-state index in [2.05, 4.69) is 9.88 Å². The van der Waals surface area contributed by atoms with E-state index < -0.39 is 0 Å². The summed E-state index contributed by atoms with van der Waals surface area (Å²) in [7, 11) is 1.75. The minimum atomic E-state index is -0.288. The van der Waals surface area contributed by atoms with Gasteiger partial charge >= 0.3 is 0 Å². The lowest BCUT2D eigenvalue weighted by molar-refractivity contribution is -0.136. The molecule has 3 fully saturated rings. The first-order valence-electron chi connectivity index (χ1n) is 12.4. The van der Waals surface area contributed by atoms with Gasteiger partial charge in [-0.05, 0) is 38.0 Å². The van der Waals surface area contributed by atoms with Crippen LogP contribution in [0.1, 0.15) is 74.5 Å². The van der Waals surface area contributed by atoms with E-state index in [1.165, 1.54) is 32.1 Å². The fourth-order valence-corrected chi connectivity index (χ4v) is 6.14. The SMILES string of the molecule is CN1C[C@@H](C(=O)N2CCC[C@@H]2c2nc3c(c(=O)[nH]2)CCN(CC2CCCCC2)C3)CC1=O. The molecule has 1 aliphatic carbocycles. The molecule has 1 aromatic heterocycles. The fraction of sp³-hybridized carbons (Fsp3) is 0.750. The molecular formula is C24H35N5O3. The van der Waals surface area contributed by atoms with Crippen molar-refractivity contribution in [3.05, 3.63) is 27.4 Å². The van der Waals surface area contributed by atoms with Gasteiger partial charge in [0.05, 0.1) is 17.7 Å². The van der Waals surface area contributed by atoms with E-state index in [-0.39, 0.29) is 35.8 Å². The number of nitrogens with zero attached hydrogens (tertiary/aromatic N) is 4. The number of amides is 2. The Morgan fingerprint density at radius 2 is 1.91 bits per heavy atom. The second-order valence-electron chi connectivity index (χ2n) is 10.2. The van der Waals surface area contributed by atoms with Gasteiger partial charge in [0.15, 0.2) is 0 Å². The number of hydrogen-bond acceptors (Lipinski definition) is 5. The van der Waals surface area contributed by atoms with Crippen LogP contribution in [0.3, 0.4) is 0 Å². The Balaban J connectivity index is 1.32. The van der Waals surface area contributed by atoms with Crippen molar-refractivity contribution in [1.82, 2.24) is 24.7 Å². The number of aromatic amines is 1. The number of rotatable bonds is 4. The molecule has 0 radical (unpaired) electrons. The Labute approximate surface area is 189 Å². The van der Waals surface area contributed by atoms with Crippen LogP contribution in [0.4, 0.5) is 0 Å². The topological polar surface area (TPSA) is 89.6 Å². The molecular weight excluding hydrogens is 406 g/mol. The minimum absolute atomic E-state index is 0.0181. The van der Waals surface area contributed by atoms with E-state index >= 15 is 0 Å². The van der Waals surface area contributed by atoms with Gasteiger partial charge in [0.2, 0.25) is 11.8 Å². The predicted molar refractivity (Wildman–Crippen MR) is 120 cm³/mol. The van der Waals surface area contributed by atoms with Crippen LogP contribution in [-0.4, -0.2) is 69.7 Å². The van der Waals surface area contributed by atoms with Crippen LogP contribution in [0.5, 0.6) is 0 Å². The van der Waals surface area contributed by atoms with E-state index in [1.807, 2.05) is 4.90 Å². The van der Waals surface area contributed by atoms with Crippen LogP contribution in [-0.2, 0) is 22.6 Å². The van der Waals surface area contributed by atoms with Gasteiger partial charge in [-0.2, -0.15) is 0 Å². The van der Waals surface area contributed by atoms with Gasteiger partial charge < -0.3 is 14.8 Å². The van der Waals surface area contributed by atoms with E-state index in [1.54, 1.807) is 11.9 Å². The number of aromatic nitrogens is 2. The molecule has 1 saturated carbocycles. The number of carbonyl (C=O) groups excluding carboxylic acids is 2. The molecule has 2 saturated heterocycles. The second kappa shape index (κ2) is 8.96. The summed E-state index contributed by atoms with van der Waals surface area (Å²) in [6.07, 6.45) is 9.39. The summed E-state index contributed by atoms with van der Waals surface area (Å²) in [5, 5.41) is 0. The maximum atomic E-state index is 13.2. The third-order valence-electron chi connectivity index (χ3n) is 7.95. The number of fused-ring (bicyclic) bond motifs is 1. The van der Waals surface area contributed by atoms with Crippen LogP contribution in [0, 0.1) is 11.8 Å². The zero-order valence-corrected chi connectivity index (χ0v) is 19.1. The number of nitrogens with one attached hydrogen (secondary N) is 1. The third kappa shape index (κ3) is 4.21. The molecule has 4 heterocycles. The molecule has 1 N–H and O–H groups in total. The summed E-state index contributed by atoms with van der Waals surface area (Å²) in [6, 6.07) is -0.199. The van der Waals surface area contributed by atoms with Crippen molar-refractivity contribution in [2.24, 2.45) is 11.8 Å². The van der Waals surface area contributed by atoms with Crippen molar-refractivity contribution in [2.45, 2.75) is 70.4 Å². The van der Waals surface area contributed by atoms with Crippen LogP contribution < -0.4 is 5.56 Å². The highest BCUT2D eigenvalue weighted by Gasteiger charge is 2.40. The summed E-state index contributed by atoms with van der Waals surface area (Å²) in [5.74, 6) is 1.14. The number of carbonyl (C=O) groups is 2. The Hall–Kier alpha value is -2.22. The monoisotopic (exact) mass is 441 g/mol. The molecule has 174 valence electrons. The van der Waals surface area contributed by atoms with Crippen LogP contribution >= 0.6 is 0 Å². The first kappa shape index (κ1) is 21.6. The molecule has 0 unspecified atom stereocenters. The molecule has 0 aromatic carbocycles. The number of likely N-dealkylation sites (tertiary alicyclic amines) is 2. The van der Waals surface area contributed by atoms with Gasteiger partial charge in [-0.15, -0.1) is 0 Å². The quantitative estimate of drug-likeness (QED) is 0.770. The van der Waals surface area contributed by atoms with Crippen LogP contribution in [0.2, 0.25) is 0 Å². The minimum Gasteiger partial charge on any atom is -0.345 e. The predicted octanol–water partition coefficient (Wildman–Crippen LogP) is 1.85. The Morgan fingerprint density at radius 3 is 2.66 bits per heavy atom. The summed E-state index contributed by atoms with van der Waals surface area (Å²) < 4.78 is 0. The smallest absolute Gasteiger partial charge is 0.254 e. The second-order valence-corrected chi connectivity index (χ2v) is 10.2. The van der Waals surface area contributed by atoms with E-state index in [9.17, 15) is 14.4 Å². The van der Waals surface area contributed by atoms with E-state index in [0.29, 0.717) is 18.9 Å². The average Bonchev–Trinajstić information content (AvgIpc) is 3.41. The number of H-pyrrole nitrogens is 1. The largest absolute Gasteiger partial charge is 0.345 e. The van der Waals surface area contributed by atoms with Gasteiger partial charge in [-0.3, -0.25) is 19.3 Å². The molecule has 3 aliphatic heterocycles. The lowest BCUT2D eigenvalue weighted by Gasteiger charge is -2.33. The Kier molecular flexibility index (Phi) is 6.05. The molecule has 0 bridgehead atoms. The molecule has 5 rings (SSSR count). The Morgan fingerprint density at radius 1 is 1.09 bits per heavy atom. The molecule has 2 atom stereocenters. The average molecular weight is 442 g/mol. The summed E-state index contributed by atoms with van der Waals surface area (Å²) in [5.41, 5.74) is 1.66. The molecule has 2 amide bonds. The van der Waals surface area contributed by atoms with E-state index in [4.69, 9.17) is 4.98 Å². The van der Waals surface area contributed by atoms with Crippen LogP contribution in [0.15, 0.2) is 4.79 Å². The first-order valence-corrected chi connectivity index (χ1v) is 12.4. The van der Waals surface area contributed by atoms with Crippen molar-refractivity contribution in [1.29, 1.82) is 0 Å². The zero-order chi connectivity index (χ0) is 22.2. The van der Waals surface area contributed by atoms with Crippen molar-refractivity contribution in [2.75, 3.05) is 33.2 Å². The molecule has 8 nitrogen and oxygen atoms in total. The highest BCUT2D eigenvalue weighted by Crippen LogP contribution is 2.33. The van der Waals surface area contributed by atoms with E-state index in [0.717, 1.165) is 56.1 Å². The first-order chi connectivity index (χ1) is 15.5.